The number of aromatic nitrogens is 2. The Morgan fingerprint density at radius 2 is 1.68 bits per heavy atom. The highest BCUT2D eigenvalue weighted by atomic mass is 35.5. The molecule has 1 saturated heterocycles. The number of benzene rings is 3. The van der Waals surface area contributed by atoms with Crippen LogP contribution in [0.3, 0.4) is 0 Å². The van der Waals surface area contributed by atoms with Crippen LogP contribution in [0.4, 0.5) is 0 Å². The number of para-hydroxylation sites is 1. The number of carbonyl (C=O) groups excluding carboxylic acids is 1. The van der Waals surface area contributed by atoms with E-state index in [0.29, 0.717) is 26.7 Å². The van der Waals surface area contributed by atoms with E-state index in [1.54, 1.807) is 16.8 Å². The van der Waals surface area contributed by atoms with Gasteiger partial charge in [-0.15, -0.1) is 0 Å². The van der Waals surface area contributed by atoms with Gasteiger partial charge in [-0.3, -0.25) is 9.69 Å². The molecular formula is C28H20ClN3O3S2. The maximum absolute atomic E-state index is 13.5. The summed E-state index contributed by atoms with van der Waals surface area (Å²) in [5.74, 6) is -1.56. The average Bonchev–Trinajstić information content (AvgIpc) is 3.44. The first-order chi connectivity index (χ1) is 17.9. The zero-order valence-corrected chi connectivity index (χ0v) is 21.7. The van der Waals surface area contributed by atoms with Crippen LogP contribution in [0, 0.1) is 0 Å². The molecule has 1 aliphatic heterocycles. The molecule has 1 aromatic heterocycles. The lowest BCUT2D eigenvalue weighted by atomic mass is 10.0. The van der Waals surface area contributed by atoms with Crippen LogP contribution < -0.4 is 0 Å². The molecule has 1 aliphatic rings. The number of rotatable bonds is 7. The maximum atomic E-state index is 13.5. The second kappa shape index (κ2) is 10.7. The van der Waals surface area contributed by atoms with Crippen LogP contribution in [0.2, 0.25) is 5.02 Å². The third kappa shape index (κ3) is 5.22. The SMILES string of the molecule is O=C(O)[C@@H](Cc1ccccc1)N1C(=O)/C(=C/c2cn(-c3ccccc3)nc2-c2ccccc2Cl)SC1=S. The number of amides is 1. The predicted molar refractivity (Wildman–Crippen MR) is 151 cm³/mol. The van der Waals surface area contributed by atoms with Crippen LogP contribution >= 0.6 is 35.6 Å². The molecule has 2 heterocycles. The molecule has 1 N–H and O–H groups in total. The Balaban J connectivity index is 1.54. The van der Waals surface area contributed by atoms with Gasteiger partial charge in [-0.05, 0) is 29.8 Å². The molecule has 5 rings (SSSR count). The fraction of sp³-hybridized carbons (Fsp3) is 0.0714. The average molecular weight is 546 g/mol. The van der Waals surface area contributed by atoms with Crippen molar-refractivity contribution in [1.82, 2.24) is 14.7 Å². The Kier molecular flexibility index (Phi) is 7.23. The smallest absolute Gasteiger partial charge is 0.327 e. The number of nitrogens with zero attached hydrogens (tertiary/aromatic N) is 3. The summed E-state index contributed by atoms with van der Waals surface area (Å²) in [6.45, 7) is 0. The number of halogens is 1. The summed E-state index contributed by atoms with van der Waals surface area (Å²) in [5, 5.41) is 15.2. The molecule has 3 aromatic carbocycles. The summed E-state index contributed by atoms with van der Waals surface area (Å²) in [6, 6.07) is 25.0. The Bertz CT molecular complexity index is 1520. The Morgan fingerprint density at radius 3 is 2.35 bits per heavy atom. The van der Waals surface area contributed by atoms with E-state index >= 15 is 0 Å². The Hall–Kier alpha value is -3.72. The minimum absolute atomic E-state index is 0.146. The van der Waals surface area contributed by atoms with E-state index in [2.05, 4.69) is 0 Å². The second-order valence-electron chi connectivity index (χ2n) is 8.29. The second-order valence-corrected chi connectivity index (χ2v) is 10.4. The van der Waals surface area contributed by atoms with E-state index in [4.69, 9.17) is 28.9 Å². The fourth-order valence-electron chi connectivity index (χ4n) is 4.08. The number of hydrogen-bond acceptors (Lipinski definition) is 5. The molecule has 0 spiro atoms. The molecule has 9 heteroatoms. The normalized spacial score (nSPS) is 15.4. The van der Waals surface area contributed by atoms with Crippen LogP contribution in [0.15, 0.2) is 96.0 Å². The largest absolute Gasteiger partial charge is 0.480 e. The van der Waals surface area contributed by atoms with Crippen LogP contribution in [-0.4, -0.2) is 42.0 Å². The van der Waals surface area contributed by atoms with Gasteiger partial charge >= 0.3 is 5.97 Å². The third-order valence-electron chi connectivity index (χ3n) is 5.87. The minimum Gasteiger partial charge on any atom is -0.480 e. The van der Waals surface area contributed by atoms with Gasteiger partial charge in [0.25, 0.3) is 5.91 Å². The van der Waals surface area contributed by atoms with Gasteiger partial charge in [0.05, 0.1) is 15.6 Å². The first kappa shape index (κ1) is 25.0. The van der Waals surface area contributed by atoms with Gasteiger partial charge in [0.2, 0.25) is 0 Å². The van der Waals surface area contributed by atoms with Crippen molar-refractivity contribution in [3.8, 4) is 16.9 Å². The molecule has 184 valence electrons. The van der Waals surface area contributed by atoms with Crippen molar-refractivity contribution in [2.45, 2.75) is 12.5 Å². The predicted octanol–water partition coefficient (Wildman–Crippen LogP) is 6.09. The summed E-state index contributed by atoms with van der Waals surface area (Å²) in [5.41, 5.74) is 3.62. The third-order valence-corrected chi connectivity index (χ3v) is 7.53. The van der Waals surface area contributed by atoms with E-state index < -0.39 is 17.9 Å². The lowest BCUT2D eigenvalue weighted by Gasteiger charge is -2.23. The number of carbonyl (C=O) groups is 2. The van der Waals surface area contributed by atoms with Gasteiger partial charge in [0.1, 0.15) is 16.1 Å². The summed E-state index contributed by atoms with van der Waals surface area (Å²) in [6.07, 6.45) is 3.66. The zero-order chi connectivity index (χ0) is 25.9. The summed E-state index contributed by atoms with van der Waals surface area (Å²) in [4.78, 5) is 27.2. The molecule has 0 unspecified atom stereocenters. The lowest BCUT2D eigenvalue weighted by Crippen LogP contribution is -2.45. The molecule has 4 aromatic rings. The first-order valence-corrected chi connectivity index (χ1v) is 13.0. The van der Waals surface area contributed by atoms with Gasteiger partial charge < -0.3 is 5.11 Å². The van der Waals surface area contributed by atoms with Crippen molar-refractivity contribution in [1.29, 1.82) is 0 Å². The van der Waals surface area contributed by atoms with Crippen LogP contribution in [0.25, 0.3) is 23.0 Å². The summed E-state index contributed by atoms with van der Waals surface area (Å²) < 4.78 is 1.93. The Labute approximate surface area is 228 Å². The van der Waals surface area contributed by atoms with Gasteiger partial charge in [-0.25, -0.2) is 9.48 Å². The number of carboxylic acid groups (broad SMARTS) is 1. The molecule has 1 atom stereocenters. The molecule has 6 nitrogen and oxygen atoms in total. The van der Waals surface area contributed by atoms with Crippen LogP contribution in [0.5, 0.6) is 0 Å². The van der Waals surface area contributed by atoms with E-state index in [1.165, 1.54) is 4.90 Å². The number of thioether (sulfide) groups is 1. The summed E-state index contributed by atoms with van der Waals surface area (Å²) in [7, 11) is 0. The molecule has 0 bridgehead atoms. The standard InChI is InChI=1S/C28H20ClN3O3S2/c29-22-14-8-7-13-21(22)25-19(17-31(30-25)20-11-5-2-6-12-20)16-24-26(33)32(28(36)37-24)23(27(34)35)15-18-9-3-1-4-10-18/h1-14,16-17,23H,15H2,(H,34,35)/b24-16-/t23-/m1/s1. The topological polar surface area (TPSA) is 75.4 Å². The quantitative estimate of drug-likeness (QED) is 0.224. The van der Waals surface area contributed by atoms with Gasteiger partial charge in [-0.2, -0.15) is 5.10 Å². The van der Waals surface area contributed by atoms with E-state index in [9.17, 15) is 14.7 Å². The van der Waals surface area contributed by atoms with Crippen molar-refractivity contribution in [2.75, 3.05) is 0 Å². The van der Waals surface area contributed by atoms with E-state index in [-0.39, 0.29) is 10.7 Å². The molecular weight excluding hydrogens is 526 g/mol. The molecule has 1 fully saturated rings. The highest BCUT2D eigenvalue weighted by molar-refractivity contribution is 8.26. The number of thiocarbonyl (C=S) groups is 1. The van der Waals surface area contributed by atoms with E-state index in [1.807, 2.05) is 85.1 Å². The monoisotopic (exact) mass is 545 g/mol. The molecule has 37 heavy (non-hydrogen) atoms. The van der Waals surface area contributed by atoms with Gasteiger partial charge in [-0.1, -0.05) is 102 Å². The maximum Gasteiger partial charge on any atom is 0.327 e. The van der Waals surface area contributed by atoms with Crippen LogP contribution in [0.1, 0.15) is 11.1 Å². The van der Waals surface area contributed by atoms with Crippen LogP contribution in [-0.2, 0) is 16.0 Å². The zero-order valence-electron chi connectivity index (χ0n) is 19.3. The fourth-order valence-corrected chi connectivity index (χ4v) is 5.66. The van der Waals surface area contributed by atoms with Gasteiger partial charge in [0.15, 0.2) is 0 Å². The lowest BCUT2D eigenvalue weighted by molar-refractivity contribution is -0.145. The van der Waals surface area contributed by atoms with Crippen molar-refractivity contribution in [3.63, 3.8) is 0 Å². The van der Waals surface area contributed by atoms with Crippen molar-refractivity contribution in [3.05, 3.63) is 112 Å². The van der Waals surface area contributed by atoms with Gasteiger partial charge in [0, 0.05) is 23.7 Å². The number of aliphatic carboxylic acids is 1. The van der Waals surface area contributed by atoms with Crippen molar-refractivity contribution in [2.24, 2.45) is 0 Å². The highest BCUT2D eigenvalue weighted by Crippen LogP contribution is 2.37. The molecule has 0 radical (unpaired) electrons. The Morgan fingerprint density at radius 1 is 1.03 bits per heavy atom. The van der Waals surface area contributed by atoms with Crippen molar-refractivity contribution >= 4 is 57.9 Å². The molecule has 1 amide bonds. The number of hydrogen-bond donors (Lipinski definition) is 1. The molecule has 0 saturated carbocycles. The molecule has 0 aliphatic carbocycles. The minimum atomic E-state index is -1.12. The highest BCUT2D eigenvalue weighted by Gasteiger charge is 2.40. The van der Waals surface area contributed by atoms with E-state index in [0.717, 1.165) is 23.0 Å². The first-order valence-electron chi connectivity index (χ1n) is 11.4. The summed E-state index contributed by atoms with van der Waals surface area (Å²) >= 11 is 13.0. The van der Waals surface area contributed by atoms with Crippen molar-refractivity contribution < 1.29 is 14.7 Å². The number of carboxylic acids is 1.